The lowest BCUT2D eigenvalue weighted by Gasteiger charge is -2.03. The lowest BCUT2D eigenvalue weighted by atomic mass is 10.2. The normalized spacial score (nSPS) is 10.6. The molecule has 1 heterocycles. The molecule has 0 aliphatic heterocycles. The Morgan fingerprint density at radius 2 is 2.15 bits per heavy atom. The number of aryl methyl sites for hydroxylation is 1. The summed E-state index contributed by atoms with van der Waals surface area (Å²) in [7, 11) is 0. The molecule has 1 amide bonds. The van der Waals surface area contributed by atoms with Crippen LogP contribution in [-0.4, -0.2) is 5.91 Å². The maximum absolute atomic E-state index is 13.4. The number of carbonyl (C=O) groups excluding carboxylic acids is 1. The van der Waals surface area contributed by atoms with Gasteiger partial charge in [0.05, 0.1) is 6.61 Å². The van der Waals surface area contributed by atoms with Crippen LogP contribution in [0.1, 0.15) is 27.4 Å². The molecular weight excluding hydrogens is 263 g/mol. The summed E-state index contributed by atoms with van der Waals surface area (Å²) < 4.78 is 24.1. The molecule has 6 heteroatoms. The molecule has 0 aliphatic rings. The molecule has 3 N–H and O–H groups in total. The number of furan rings is 1. The zero-order chi connectivity index (χ0) is 14.5. The van der Waals surface area contributed by atoms with E-state index in [4.69, 9.17) is 15.0 Å². The van der Waals surface area contributed by atoms with Crippen molar-refractivity contribution in [3.8, 4) is 0 Å². The zero-order valence-corrected chi connectivity index (χ0v) is 11.0. The second kappa shape index (κ2) is 6.31. The molecule has 2 aromatic rings. The van der Waals surface area contributed by atoms with Crippen LogP contribution in [0, 0.1) is 12.7 Å². The van der Waals surface area contributed by atoms with Crippen molar-refractivity contribution in [1.82, 2.24) is 5.43 Å². The van der Waals surface area contributed by atoms with Crippen LogP contribution in [0.5, 0.6) is 0 Å². The fourth-order valence-corrected chi connectivity index (χ4v) is 1.79. The predicted molar refractivity (Wildman–Crippen MR) is 70.0 cm³/mol. The summed E-state index contributed by atoms with van der Waals surface area (Å²) in [6.07, 6.45) is 0. The first-order valence-electron chi connectivity index (χ1n) is 6.03. The standard InChI is InChI=1S/C14H15FN2O3/c1-9-6-11(20-13(9)14(18)17-16)8-19-7-10-4-2-3-5-12(10)15/h2-6H,7-8,16H2,1H3,(H,17,18). The first kappa shape index (κ1) is 14.2. The second-order valence-electron chi connectivity index (χ2n) is 4.28. The molecule has 2 rings (SSSR count). The van der Waals surface area contributed by atoms with Gasteiger partial charge in [-0.1, -0.05) is 18.2 Å². The molecular formula is C14H15FN2O3. The Bertz CT molecular complexity index is 610. The highest BCUT2D eigenvalue weighted by Gasteiger charge is 2.14. The minimum atomic E-state index is -0.497. The number of rotatable bonds is 5. The zero-order valence-electron chi connectivity index (χ0n) is 11.0. The number of nitrogens with two attached hydrogens (primary N) is 1. The third kappa shape index (κ3) is 3.23. The van der Waals surface area contributed by atoms with Crippen LogP contribution in [-0.2, 0) is 18.0 Å². The van der Waals surface area contributed by atoms with E-state index in [0.29, 0.717) is 16.9 Å². The van der Waals surface area contributed by atoms with Crippen LogP contribution < -0.4 is 11.3 Å². The maximum atomic E-state index is 13.4. The average Bonchev–Trinajstić information content (AvgIpc) is 2.81. The van der Waals surface area contributed by atoms with Crippen molar-refractivity contribution in [2.45, 2.75) is 20.1 Å². The lowest BCUT2D eigenvalue weighted by molar-refractivity contribution is 0.0846. The maximum Gasteiger partial charge on any atom is 0.301 e. The lowest BCUT2D eigenvalue weighted by Crippen LogP contribution is -2.30. The molecule has 1 aromatic carbocycles. The summed E-state index contributed by atoms with van der Waals surface area (Å²) >= 11 is 0. The van der Waals surface area contributed by atoms with Crippen molar-refractivity contribution in [2.24, 2.45) is 5.84 Å². The van der Waals surface area contributed by atoms with Gasteiger partial charge in [0.25, 0.3) is 0 Å². The van der Waals surface area contributed by atoms with Gasteiger partial charge in [0.2, 0.25) is 0 Å². The molecule has 0 radical (unpaired) electrons. The molecule has 0 spiro atoms. The van der Waals surface area contributed by atoms with Gasteiger partial charge >= 0.3 is 5.91 Å². The molecule has 0 atom stereocenters. The summed E-state index contributed by atoms with van der Waals surface area (Å²) in [5.41, 5.74) is 3.13. The third-order valence-electron chi connectivity index (χ3n) is 2.77. The topological polar surface area (TPSA) is 77.5 Å². The van der Waals surface area contributed by atoms with E-state index in [0.717, 1.165) is 0 Å². The largest absolute Gasteiger partial charge is 0.453 e. The van der Waals surface area contributed by atoms with E-state index in [9.17, 15) is 9.18 Å². The van der Waals surface area contributed by atoms with Crippen molar-refractivity contribution >= 4 is 5.91 Å². The number of amides is 1. The summed E-state index contributed by atoms with van der Waals surface area (Å²) in [5.74, 6) is 4.87. The molecule has 20 heavy (non-hydrogen) atoms. The molecule has 106 valence electrons. The van der Waals surface area contributed by atoms with E-state index in [1.54, 1.807) is 31.2 Å². The minimum Gasteiger partial charge on any atom is -0.453 e. The Balaban J connectivity index is 1.95. The van der Waals surface area contributed by atoms with Gasteiger partial charge in [-0.05, 0) is 19.1 Å². The first-order chi connectivity index (χ1) is 9.61. The Morgan fingerprint density at radius 1 is 1.40 bits per heavy atom. The number of nitrogens with one attached hydrogen (secondary N) is 1. The number of benzene rings is 1. The Kier molecular flexibility index (Phi) is 4.49. The molecule has 0 fully saturated rings. The molecule has 5 nitrogen and oxygen atoms in total. The van der Waals surface area contributed by atoms with Gasteiger partial charge < -0.3 is 9.15 Å². The van der Waals surface area contributed by atoms with E-state index in [1.807, 2.05) is 5.43 Å². The predicted octanol–water partition coefficient (Wildman–Crippen LogP) is 2.05. The third-order valence-corrected chi connectivity index (χ3v) is 2.77. The Hall–Kier alpha value is -2.18. The summed E-state index contributed by atoms with van der Waals surface area (Å²) in [6.45, 7) is 2.01. The van der Waals surface area contributed by atoms with Crippen molar-refractivity contribution in [2.75, 3.05) is 0 Å². The van der Waals surface area contributed by atoms with Crippen molar-refractivity contribution in [3.05, 3.63) is 58.8 Å². The van der Waals surface area contributed by atoms with Crippen LogP contribution in [0.15, 0.2) is 34.7 Å². The van der Waals surface area contributed by atoms with E-state index < -0.39 is 5.91 Å². The van der Waals surface area contributed by atoms with Crippen LogP contribution in [0.25, 0.3) is 0 Å². The van der Waals surface area contributed by atoms with Gasteiger partial charge in [-0.2, -0.15) is 0 Å². The number of ether oxygens (including phenoxy) is 1. The highest BCUT2D eigenvalue weighted by Crippen LogP contribution is 2.16. The van der Waals surface area contributed by atoms with Gasteiger partial charge in [0.1, 0.15) is 18.2 Å². The molecule has 0 aliphatic carbocycles. The second-order valence-corrected chi connectivity index (χ2v) is 4.28. The van der Waals surface area contributed by atoms with Gasteiger partial charge in [0, 0.05) is 11.1 Å². The van der Waals surface area contributed by atoms with E-state index >= 15 is 0 Å². The van der Waals surface area contributed by atoms with Gasteiger partial charge in [0.15, 0.2) is 5.76 Å². The van der Waals surface area contributed by atoms with Crippen LogP contribution >= 0.6 is 0 Å². The molecule has 1 aromatic heterocycles. The van der Waals surface area contributed by atoms with Gasteiger partial charge in [-0.15, -0.1) is 0 Å². The highest BCUT2D eigenvalue weighted by molar-refractivity contribution is 5.92. The Morgan fingerprint density at radius 3 is 2.85 bits per heavy atom. The monoisotopic (exact) mass is 278 g/mol. The van der Waals surface area contributed by atoms with Crippen molar-refractivity contribution in [1.29, 1.82) is 0 Å². The highest BCUT2D eigenvalue weighted by atomic mass is 19.1. The van der Waals surface area contributed by atoms with Crippen molar-refractivity contribution in [3.63, 3.8) is 0 Å². The number of nitrogen functional groups attached to an aromatic ring is 1. The smallest absolute Gasteiger partial charge is 0.301 e. The first-order valence-corrected chi connectivity index (χ1v) is 6.03. The average molecular weight is 278 g/mol. The van der Waals surface area contributed by atoms with E-state index in [2.05, 4.69) is 0 Å². The van der Waals surface area contributed by atoms with Crippen LogP contribution in [0.4, 0.5) is 4.39 Å². The SMILES string of the molecule is Cc1cc(COCc2ccccc2F)oc1C(=O)NN. The van der Waals surface area contributed by atoms with Crippen LogP contribution in [0.2, 0.25) is 0 Å². The summed E-state index contributed by atoms with van der Waals surface area (Å²) in [5, 5.41) is 0. The summed E-state index contributed by atoms with van der Waals surface area (Å²) in [6, 6.07) is 8.07. The molecule has 0 bridgehead atoms. The molecule has 0 saturated carbocycles. The van der Waals surface area contributed by atoms with Crippen molar-refractivity contribution < 1.29 is 18.3 Å². The molecule has 0 unspecified atom stereocenters. The summed E-state index contributed by atoms with van der Waals surface area (Å²) in [4.78, 5) is 11.4. The van der Waals surface area contributed by atoms with E-state index in [1.165, 1.54) is 6.07 Å². The fourth-order valence-electron chi connectivity index (χ4n) is 1.79. The molecule has 0 saturated heterocycles. The quantitative estimate of drug-likeness (QED) is 0.498. The van der Waals surface area contributed by atoms with E-state index in [-0.39, 0.29) is 24.8 Å². The number of hydrogen-bond acceptors (Lipinski definition) is 4. The van der Waals surface area contributed by atoms with Gasteiger partial charge in [-0.25, -0.2) is 10.2 Å². The fraction of sp³-hybridized carbons (Fsp3) is 0.214. The number of halogens is 1. The van der Waals surface area contributed by atoms with Gasteiger partial charge in [-0.3, -0.25) is 10.2 Å². The number of carbonyl (C=O) groups is 1. The minimum absolute atomic E-state index is 0.130. The number of hydrazine groups is 1. The van der Waals surface area contributed by atoms with Crippen LogP contribution in [0.3, 0.4) is 0 Å². The Labute approximate surface area is 115 Å². The number of hydrogen-bond donors (Lipinski definition) is 2.